The molecule has 1 aliphatic rings. The van der Waals surface area contributed by atoms with Crippen LogP contribution in [-0.4, -0.2) is 17.7 Å². The summed E-state index contributed by atoms with van der Waals surface area (Å²) in [5.74, 6) is 0.975. The average molecular weight is 233 g/mol. The second-order valence-corrected chi connectivity index (χ2v) is 5.45. The molecule has 2 rings (SSSR count). The van der Waals surface area contributed by atoms with Crippen molar-refractivity contribution in [2.75, 3.05) is 6.54 Å². The van der Waals surface area contributed by atoms with E-state index >= 15 is 0 Å². The van der Waals surface area contributed by atoms with Gasteiger partial charge in [0.05, 0.1) is 0 Å². The van der Waals surface area contributed by atoms with E-state index in [1.165, 1.54) is 18.4 Å². The molecule has 2 heteroatoms. The lowest BCUT2D eigenvalue weighted by Gasteiger charge is -2.19. The molecule has 0 saturated carbocycles. The van der Waals surface area contributed by atoms with Gasteiger partial charge >= 0.3 is 0 Å². The van der Waals surface area contributed by atoms with Crippen LogP contribution < -0.4 is 5.32 Å². The largest absolute Gasteiger partial charge is 0.507 e. The molecule has 0 amide bonds. The first kappa shape index (κ1) is 12.4. The molecule has 94 valence electrons. The molecule has 0 spiro atoms. The van der Waals surface area contributed by atoms with Crippen LogP contribution in [0.4, 0.5) is 0 Å². The molecular formula is C15H23NO. The number of phenolic OH excluding ortho intramolecular Hbond substituents is 1. The monoisotopic (exact) mass is 233 g/mol. The van der Waals surface area contributed by atoms with Gasteiger partial charge in [0, 0.05) is 6.04 Å². The summed E-state index contributed by atoms with van der Waals surface area (Å²) in [4.78, 5) is 0. The standard InChI is InChI=1S/C15H23NO/c1-10(2)13-7-6-11(3)15(17)14(13)9-12-5-4-8-16-12/h6-7,10,12,16-17H,4-5,8-9H2,1-3H3. The van der Waals surface area contributed by atoms with Crippen molar-refractivity contribution in [3.8, 4) is 5.75 Å². The summed E-state index contributed by atoms with van der Waals surface area (Å²) in [5.41, 5.74) is 3.43. The van der Waals surface area contributed by atoms with Crippen molar-refractivity contribution >= 4 is 0 Å². The molecule has 0 radical (unpaired) electrons. The van der Waals surface area contributed by atoms with E-state index in [0.29, 0.717) is 17.7 Å². The van der Waals surface area contributed by atoms with E-state index in [-0.39, 0.29) is 0 Å². The maximum Gasteiger partial charge on any atom is 0.122 e. The molecule has 0 bridgehead atoms. The number of nitrogens with one attached hydrogen (secondary N) is 1. The van der Waals surface area contributed by atoms with Crippen LogP contribution in [0.5, 0.6) is 5.75 Å². The Morgan fingerprint density at radius 2 is 2.18 bits per heavy atom. The van der Waals surface area contributed by atoms with Gasteiger partial charge < -0.3 is 10.4 Å². The van der Waals surface area contributed by atoms with Crippen LogP contribution in [-0.2, 0) is 6.42 Å². The first-order valence-electron chi connectivity index (χ1n) is 6.64. The van der Waals surface area contributed by atoms with Gasteiger partial charge in [0.1, 0.15) is 5.75 Å². The summed E-state index contributed by atoms with van der Waals surface area (Å²) >= 11 is 0. The van der Waals surface area contributed by atoms with Crippen LogP contribution in [0.2, 0.25) is 0 Å². The van der Waals surface area contributed by atoms with Crippen LogP contribution in [0.25, 0.3) is 0 Å². The van der Waals surface area contributed by atoms with E-state index < -0.39 is 0 Å². The number of aryl methyl sites for hydroxylation is 1. The van der Waals surface area contributed by atoms with Gasteiger partial charge in [0.15, 0.2) is 0 Å². The normalized spacial score (nSPS) is 20.1. The topological polar surface area (TPSA) is 32.3 Å². The third kappa shape index (κ3) is 2.63. The van der Waals surface area contributed by atoms with Gasteiger partial charge in [-0.25, -0.2) is 0 Å². The summed E-state index contributed by atoms with van der Waals surface area (Å²) in [6, 6.07) is 4.74. The van der Waals surface area contributed by atoms with Crippen molar-refractivity contribution in [2.45, 2.75) is 52.0 Å². The molecule has 1 aliphatic heterocycles. The SMILES string of the molecule is Cc1ccc(C(C)C)c(CC2CCCN2)c1O. The number of rotatable bonds is 3. The molecule has 1 fully saturated rings. The predicted molar refractivity (Wildman–Crippen MR) is 71.7 cm³/mol. The van der Waals surface area contributed by atoms with Crippen LogP contribution in [0.15, 0.2) is 12.1 Å². The highest BCUT2D eigenvalue weighted by Crippen LogP contribution is 2.32. The number of aromatic hydroxyl groups is 1. The zero-order chi connectivity index (χ0) is 12.4. The second-order valence-electron chi connectivity index (χ2n) is 5.45. The molecule has 1 atom stereocenters. The van der Waals surface area contributed by atoms with E-state index in [9.17, 15) is 5.11 Å². The van der Waals surface area contributed by atoms with Crippen molar-refractivity contribution in [3.05, 3.63) is 28.8 Å². The van der Waals surface area contributed by atoms with Crippen molar-refractivity contribution in [1.82, 2.24) is 5.32 Å². The lowest BCUT2D eigenvalue weighted by molar-refractivity contribution is 0.455. The number of benzene rings is 1. The molecule has 1 heterocycles. The lowest BCUT2D eigenvalue weighted by atomic mass is 9.90. The minimum atomic E-state index is 0.470. The van der Waals surface area contributed by atoms with Gasteiger partial charge in [-0.3, -0.25) is 0 Å². The summed E-state index contributed by atoms with van der Waals surface area (Å²) < 4.78 is 0. The Morgan fingerprint density at radius 3 is 2.76 bits per heavy atom. The fourth-order valence-corrected chi connectivity index (χ4v) is 2.70. The number of phenols is 1. The fourth-order valence-electron chi connectivity index (χ4n) is 2.70. The quantitative estimate of drug-likeness (QED) is 0.840. The Morgan fingerprint density at radius 1 is 1.41 bits per heavy atom. The second kappa shape index (κ2) is 5.09. The van der Waals surface area contributed by atoms with E-state index in [1.54, 1.807) is 0 Å². The molecule has 1 aromatic rings. The Labute approximate surface area is 104 Å². The Bertz CT molecular complexity index is 392. The highest BCUT2D eigenvalue weighted by atomic mass is 16.3. The zero-order valence-electron chi connectivity index (χ0n) is 11.1. The molecule has 0 aliphatic carbocycles. The first-order valence-corrected chi connectivity index (χ1v) is 6.64. The molecule has 1 saturated heterocycles. The Hall–Kier alpha value is -1.02. The smallest absolute Gasteiger partial charge is 0.122 e. The number of hydrogen-bond donors (Lipinski definition) is 2. The van der Waals surface area contributed by atoms with E-state index in [0.717, 1.165) is 24.1 Å². The van der Waals surface area contributed by atoms with Crippen LogP contribution in [0.3, 0.4) is 0 Å². The summed E-state index contributed by atoms with van der Waals surface area (Å²) in [6.45, 7) is 7.48. The molecular weight excluding hydrogens is 210 g/mol. The maximum absolute atomic E-state index is 10.3. The molecule has 17 heavy (non-hydrogen) atoms. The summed E-state index contributed by atoms with van der Waals surface area (Å²) in [5, 5.41) is 13.8. The fraction of sp³-hybridized carbons (Fsp3) is 0.600. The first-order chi connectivity index (χ1) is 8.09. The average Bonchev–Trinajstić information content (AvgIpc) is 2.77. The van der Waals surface area contributed by atoms with Gasteiger partial charge in [0.25, 0.3) is 0 Å². The van der Waals surface area contributed by atoms with Gasteiger partial charge in [-0.05, 0) is 55.3 Å². The predicted octanol–water partition coefficient (Wildman–Crippen LogP) is 3.12. The summed E-state index contributed by atoms with van der Waals surface area (Å²) in [7, 11) is 0. The van der Waals surface area contributed by atoms with Gasteiger partial charge in [0.2, 0.25) is 0 Å². The van der Waals surface area contributed by atoms with E-state index in [4.69, 9.17) is 0 Å². The lowest BCUT2D eigenvalue weighted by Crippen LogP contribution is -2.24. The molecule has 2 N–H and O–H groups in total. The van der Waals surface area contributed by atoms with E-state index in [2.05, 4.69) is 25.2 Å². The highest BCUT2D eigenvalue weighted by molar-refractivity contribution is 5.46. The molecule has 1 aromatic carbocycles. The molecule has 2 nitrogen and oxygen atoms in total. The number of hydrogen-bond acceptors (Lipinski definition) is 2. The Kier molecular flexibility index (Phi) is 3.72. The van der Waals surface area contributed by atoms with Crippen LogP contribution in [0, 0.1) is 6.92 Å². The molecule has 0 aromatic heterocycles. The minimum Gasteiger partial charge on any atom is -0.507 e. The van der Waals surface area contributed by atoms with Gasteiger partial charge in [-0.2, -0.15) is 0 Å². The van der Waals surface area contributed by atoms with E-state index in [1.807, 2.05) is 13.0 Å². The highest BCUT2D eigenvalue weighted by Gasteiger charge is 2.20. The Balaban J connectivity index is 2.31. The van der Waals surface area contributed by atoms with Crippen molar-refractivity contribution in [2.24, 2.45) is 0 Å². The van der Waals surface area contributed by atoms with Crippen molar-refractivity contribution in [1.29, 1.82) is 0 Å². The molecule has 1 unspecified atom stereocenters. The van der Waals surface area contributed by atoms with Gasteiger partial charge in [-0.1, -0.05) is 26.0 Å². The van der Waals surface area contributed by atoms with Crippen molar-refractivity contribution < 1.29 is 5.11 Å². The van der Waals surface area contributed by atoms with Gasteiger partial charge in [-0.15, -0.1) is 0 Å². The third-order valence-corrected chi connectivity index (χ3v) is 3.76. The zero-order valence-corrected chi connectivity index (χ0v) is 11.1. The van der Waals surface area contributed by atoms with Crippen molar-refractivity contribution in [3.63, 3.8) is 0 Å². The van der Waals surface area contributed by atoms with Crippen LogP contribution in [0.1, 0.15) is 49.3 Å². The van der Waals surface area contributed by atoms with Crippen LogP contribution >= 0.6 is 0 Å². The minimum absolute atomic E-state index is 0.470. The summed E-state index contributed by atoms with van der Waals surface area (Å²) in [6.07, 6.45) is 3.44. The third-order valence-electron chi connectivity index (χ3n) is 3.76. The maximum atomic E-state index is 10.3.